The van der Waals surface area contributed by atoms with Crippen molar-refractivity contribution in [1.29, 1.82) is 0 Å². The molecule has 0 aliphatic rings. The second-order valence-electron chi connectivity index (χ2n) is 3.87. The van der Waals surface area contributed by atoms with Crippen LogP contribution in [0, 0.1) is 0 Å². The van der Waals surface area contributed by atoms with Gasteiger partial charge in [0.1, 0.15) is 0 Å². The summed E-state index contributed by atoms with van der Waals surface area (Å²) in [4.78, 5) is 11.0. The maximum atomic E-state index is 11.0. The monoisotopic (exact) mass is 216 g/mol. The number of aliphatic hydroxyl groups is 1. The first-order valence-corrected chi connectivity index (χ1v) is 6.04. The van der Waals surface area contributed by atoms with Crippen molar-refractivity contribution in [1.82, 2.24) is 0 Å². The Morgan fingerprint density at radius 1 is 1.20 bits per heavy atom. The van der Waals surface area contributed by atoms with Gasteiger partial charge in [-0.05, 0) is 13.3 Å². The Bertz CT molecular complexity index is 157. The van der Waals surface area contributed by atoms with Crippen LogP contribution in [0.5, 0.6) is 0 Å². The van der Waals surface area contributed by atoms with Gasteiger partial charge < -0.3 is 9.84 Å². The van der Waals surface area contributed by atoms with Crippen LogP contribution in [0.2, 0.25) is 0 Å². The minimum Gasteiger partial charge on any atom is -0.466 e. The predicted molar refractivity (Wildman–Crippen MR) is 60.6 cm³/mol. The van der Waals surface area contributed by atoms with Crippen LogP contribution in [0.1, 0.15) is 58.8 Å². The van der Waals surface area contributed by atoms with Crippen LogP contribution in [0.25, 0.3) is 0 Å². The Kier molecular flexibility index (Phi) is 9.59. The molecule has 1 unspecified atom stereocenters. The zero-order valence-electron chi connectivity index (χ0n) is 10.00. The van der Waals surface area contributed by atoms with Crippen LogP contribution >= 0.6 is 0 Å². The Morgan fingerprint density at radius 3 is 2.47 bits per heavy atom. The van der Waals surface area contributed by atoms with Crippen LogP contribution in [0.4, 0.5) is 0 Å². The highest BCUT2D eigenvalue weighted by Gasteiger charge is 2.10. The molecule has 0 rings (SSSR count). The van der Waals surface area contributed by atoms with Gasteiger partial charge >= 0.3 is 5.97 Å². The van der Waals surface area contributed by atoms with Gasteiger partial charge in [0.25, 0.3) is 0 Å². The minimum absolute atomic E-state index is 0.140. The van der Waals surface area contributed by atoms with Crippen molar-refractivity contribution in [3.63, 3.8) is 0 Å². The molecule has 1 atom stereocenters. The number of hydrogen-bond acceptors (Lipinski definition) is 3. The van der Waals surface area contributed by atoms with E-state index >= 15 is 0 Å². The van der Waals surface area contributed by atoms with E-state index in [0.717, 1.165) is 12.8 Å². The van der Waals surface area contributed by atoms with E-state index in [9.17, 15) is 9.90 Å². The summed E-state index contributed by atoms with van der Waals surface area (Å²) in [6, 6.07) is 0. The molecule has 0 fully saturated rings. The summed E-state index contributed by atoms with van der Waals surface area (Å²) >= 11 is 0. The topological polar surface area (TPSA) is 46.5 Å². The second-order valence-corrected chi connectivity index (χ2v) is 3.87. The lowest BCUT2D eigenvalue weighted by molar-refractivity contribution is -0.145. The number of carbonyl (C=O) groups is 1. The zero-order valence-corrected chi connectivity index (χ0v) is 10.00. The number of esters is 1. The molecule has 0 aliphatic carbocycles. The normalized spacial score (nSPS) is 12.5. The molecule has 3 heteroatoms. The molecule has 0 aromatic rings. The fourth-order valence-electron chi connectivity index (χ4n) is 1.50. The summed E-state index contributed by atoms with van der Waals surface area (Å²) in [6.07, 6.45) is 6.19. The first-order chi connectivity index (χ1) is 7.20. The number of ether oxygens (including phenoxy) is 1. The van der Waals surface area contributed by atoms with Gasteiger partial charge in [-0.2, -0.15) is 0 Å². The number of carbonyl (C=O) groups excluding carboxylic acids is 1. The van der Waals surface area contributed by atoms with Crippen molar-refractivity contribution in [2.24, 2.45) is 0 Å². The summed E-state index contributed by atoms with van der Waals surface area (Å²) < 4.78 is 4.76. The first kappa shape index (κ1) is 14.4. The Balaban J connectivity index is 3.32. The van der Waals surface area contributed by atoms with Gasteiger partial charge in [-0.15, -0.1) is 0 Å². The lowest BCUT2D eigenvalue weighted by Crippen LogP contribution is -2.15. The Morgan fingerprint density at radius 2 is 1.87 bits per heavy atom. The molecule has 0 aromatic heterocycles. The van der Waals surface area contributed by atoms with E-state index in [1.807, 2.05) is 0 Å². The zero-order chi connectivity index (χ0) is 11.5. The summed E-state index contributed by atoms with van der Waals surface area (Å²) in [6.45, 7) is 4.34. The van der Waals surface area contributed by atoms with E-state index in [0.29, 0.717) is 13.0 Å². The number of rotatable bonds is 9. The lowest BCUT2D eigenvalue weighted by atomic mass is 10.1. The van der Waals surface area contributed by atoms with Gasteiger partial charge in [0.15, 0.2) is 0 Å². The van der Waals surface area contributed by atoms with Crippen molar-refractivity contribution in [2.45, 2.75) is 64.9 Å². The van der Waals surface area contributed by atoms with Gasteiger partial charge in [0, 0.05) is 0 Å². The molecule has 0 heterocycles. The van der Waals surface area contributed by atoms with E-state index in [-0.39, 0.29) is 12.4 Å². The molecule has 15 heavy (non-hydrogen) atoms. The highest BCUT2D eigenvalue weighted by Crippen LogP contribution is 2.09. The van der Waals surface area contributed by atoms with Crippen molar-refractivity contribution >= 4 is 5.97 Å². The molecule has 3 nitrogen and oxygen atoms in total. The highest BCUT2D eigenvalue weighted by molar-refractivity contribution is 5.69. The van der Waals surface area contributed by atoms with Crippen molar-refractivity contribution in [3.8, 4) is 0 Å². The van der Waals surface area contributed by atoms with E-state index < -0.39 is 6.10 Å². The van der Waals surface area contributed by atoms with Crippen LogP contribution in [0.15, 0.2) is 0 Å². The van der Waals surface area contributed by atoms with Crippen LogP contribution in [-0.2, 0) is 9.53 Å². The molecule has 1 N–H and O–H groups in total. The number of hydrogen-bond donors (Lipinski definition) is 1. The van der Waals surface area contributed by atoms with E-state index in [2.05, 4.69) is 6.92 Å². The van der Waals surface area contributed by atoms with Crippen LogP contribution in [0.3, 0.4) is 0 Å². The Hall–Kier alpha value is -0.570. The first-order valence-electron chi connectivity index (χ1n) is 6.04. The highest BCUT2D eigenvalue weighted by atomic mass is 16.5. The number of unbranched alkanes of at least 4 members (excludes halogenated alkanes) is 4. The number of aliphatic hydroxyl groups excluding tert-OH is 1. The summed E-state index contributed by atoms with van der Waals surface area (Å²) in [5.74, 6) is -0.293. The second kappa shape index (κ2) is 9.97. The molecule has 0 spiro atoms. The summed E-state index contributed by atoms with van der Waals surface area (Å²) in [7, 11) is 0. The maximum absolute atomic E-state index is 11.0. The molecule has 0 saturated heterocycles. The molecule has 0 aliphatic heterocycles. The smallest absolute Gasteiger partial charge is 0.308 e. The lowest BCUT2D eigenvalue weighted by Gasteiger charge is -2.09. The van der Waals surface area contributed by atoms with Crippen LogP contribution < -0.4 is 0 Å². The summed E-state index contributed by atoms with van der Waals surface area (Å²) in [5, 5.41) is 9.50. The third kappa shape index (κ3) is 9.73. The maximum Gasteiger partial charge on any atom is 0.308 e. The molecule has 90 valence electrons. The largest absolute Gasteiger partial charge is 0.466 e. The molecule has 0 bridgehead atoms. The molecule has 0 amide bonds. The van der Waals surface area contributed by atoms with Gasteiger partial charge in [0.2, 0.25) is 0 Å². The third-order valence-electron chi connectivity index (χ3n) is 2.35. The summed E-state index contributed by atoms with van der Waals surface area (Å²) in [5.41, 5.74) is 0. The molecular formula is C12H24O3. The quantitative estimate of drug-likeness (QED) is 0.476. The molecular weight excluding hydrogens is 192 g/mol. The van der Waals surface area contributed by atoms with E-state index in [4.69, 9.17) is 4.74 Å². The predicted octanol–water partition coefficient (Wildman–Crippen LogP) is 2.66. The van der Waals surface area contributed by atoms with E-state index in [1.165, 1.54) is 19.3 Å². The van der Waals surface area contributed by atoms with Gasteiger partial charge in [0.05, 0.1) is 19.1 Å². The van der Waals surface area contributed by atoms with Crippen molar-refractivity contribution in [3.05, 3.63) is 0 Å². The SMILES string of the molecule is CCCCCCCC(O)CC(=O)OCC. The molecule has 0 radical (unpaired) electrons. The Labute approximate surface area is 92.8 Å². The van der Waals surface area contributed by atoms with E-state index in [1.54, 1.807) is 6.92 Å². The van der Waals surface area contributed by atoms with Crippen molar-refractivity contribution in [2.75, 3.05) is 6.61 Å². The fourth-order valence-corrected chi connectivity index (χ4v) is 1.50. The molecule has 0 aromatic carbocycles. The molecule has 0 saturated carbocycles. The van der Waals surface area contributed by atoms with Crippen LogP contribution in [-0.4, -0.2) is 23.8 Å². The van der Waals surface area contributed by atoms with Crippen molar-refractivity contribution < 1.29 is 14.6 Å². The standard InChI is InChI=1S/C12H24O3/c1-3-5-6-7-8-9-11(13)10-12(14)15-4-2/h11,13H,3-10H2,1-2H3. The average Bonchev–Trinajstić information content (AvgIpc) is 2.17. The fraction of sp³-hybridized carbons (Fsp3) is 0.917. The minimum atomic E-state index is -0.523. The third-order valence-corrected chi connectivity index (χ3v) is 2.35. The average molecular weight is 216 g/mol. The van der Waals surface area contributed by atoms with Gasteiger partial charge in [-0.3, -0.25) is 4.79 Å². The van der Waals surface area contributed by atoms with Gasteiger partial charge in [-0.25, -0.2) is 0 Å². The van der Waals surface area contributed by atoms with Gasteiger partial charge in [-0.1, -0.05) is 39.0 Å².